The molecule has 0 saturated heterocycles. The van der Waals surface area contributed by atoms with Gasteiger partial charge < -0.3 is 5.32 Å². The minimum atomic E-state index is -0.157. The Balaban J connectivity index is 1.69. The summed E-state index contributed by atoms with van der Waals surface area (Å²) in [6, 6.07) is 9.49. The van der Waals surface area contributed by atoms with Crippen molar-refractivity contribution in [2.24, 2.45) is 0 Å². The first-order valence-electron chi connectivity index (χ1n) is 9.21. The van der Waals surface area contributed by atoms with Gasteiger partial charge in [-0.15, -0.1) is 0 Å². The van der Waals surface area contributed by atoms with Gasteiger partial charge in [-0.3, -0.25) is 14.6 Å². The van der Waals surface area contributed by atoms with Crippen LogP contribution >= 0.6 is 11.8 Å². The van der Waals surface area contributed by atoms with Crippen LogP contribution in [-0.4, -0.2) is 22.6 Å². The quantitative estimate of drug-likeness (QED) is 0.467. The first kappa shape index (κ1) is 20.2. The molecule has 0 aliphatic heterocycles. The van der Waals surface area contributed by atoms with Gasteiger partial charge in [-0.05, 0) is 24.0 Å². The number of pyridine rings is 1. The first-order valence-corrected chi connectivity index (χ1v) is 10.1. The van der Waals surface area contributed by atoms with Crippen molar-refractivity contribution in [2.45, 2.75) is 45.4 Å². The monoisotopic (exact) mass is 370 g/mol. The van der Waals surface area contributed by atoms with Crippen LogP contribution in [0.15, 0.2) is 48.0 Å². The molecule has 0 unspecified atom stereocenters. The minimum Gasteiger partial charge on any atom is -0.353 e. The standard InChI is InChI=1S/C21H26N2O2S/c1-2-3-4-5-6-9-13-22-20(24)12-14-26-21(25)18-15-17-10-7-8-11-19(17)23-16-18/h7-8,10-12,14-16H,2-6,9,13H2,1H3,(H,22,24)/b14-12-. The predicted octanol–water partition coefficient (Wildman–Crippen LogP) is 5.10. The Kier molecular flexibility index (Phi) is 8.90. The molecule has 0 atom stereocenters. The van der Waals surface area contributed by atoms with Crippen molar-refractivity contribution in [3.05, 3.63) is 53.6 Å². The number of benzene rings is 1. The second kappa shape index (κ2) is 11.5. The van der Waals surface area contributed by atoms with Crippen molar-refractivity contribution in [3.63, 3.8) is 0 Å². The van der Waals surface area contributed by atoms with Crippen LogP contribution in [0.1, 0.15) is 55.8 Å². The van der Waals surface area contributed by atoms with Crippen LogP contribution in [0.3, 0.4) is 0 Å². The average molecular weight is 371 g/mol. The minimum absolute atomic E-state index is 0.122. The van der Waals surface area contributed by atoms with Crippen molar-refractivity contribution in [1.29, 1.82) is 0 Å². The lowest BCUT2D eigenvalue weighted by Crippen LogP contribution is -2.21. The van der Waals surface area contributed by atoms with Gasteiger partial charge in [-0.25, -0.2) is 0 Å². The summed E-state index contributed by atoms with van der Waals surface area (Å²) >= 11 is 0.999. The Labute approximate surface area is 159 Å². The number of para-hydroxylation sites is 1. The molecule has 0 fully saturated rings. The van der Waals surface area contributed by atoms with Gasteiger partial charge in [-0.2, -0.15) is 0 Å². The molecule has 4 nitrogen and oxygen atoms in total. The van der Waals surface area contributed by atoms with E-state index in [0.717, 1.165) is 35.5 Å². The molecule has 0 aliphatic carbocycles. The fraction of sp³-hybridized carbons (Fsp3) is 0.381. The van der Waals surface area contributed by atoms with Gasteiger partial charge in [0.2, 0.25) is 11.0 Å². The summed E-state index contributed by atoms with van der Waals surface area (Å²) in [6.45, 7) is 2.88. The van der Waals surface area contributed by atoms with Crippen LogP contribution in [0.5, 0.6) is 0 Å². The second-order valence-corrected chi connectivity index (χ2v) is 7.06. The van der Waals surface area contributed by atoms with Crippen molar-refractivity contribution in [3.8, 4) is 0 Å². The van der Waals surface area contributed by atoms with E-state index in [0.29, 0.717) is 12.1 Å². The zero-order chi connectivity index (χ0) is 18.6. The van der Waals surface area contributed by atoms with Crippen molar-refractivity contribution < 1.29 is 9.59 Å². The molecule has 26 heavy (non-hydrogen) atoms. The normalized spacial score (nSPS) is 11.1. The number of nitrogens with zero attached hydrogens (tertiary/aromatic N) is 1. The second-order valence-electron chi connectivity index (χ2n) is 6.18. The predicted molar refractivity (Wildman–Crippen MR) is 109 cm³/mol. The van der Waals surface area contributed by atoms with E-state index in [-0.39, 0.29) is 11.0 Å². The van der Waals surface area contributed by atoms with Gasteiger partial charge in [-0.1, -0.05) is 69.0 Å². The Hall–Kier alpha value is -2.14. The molecule has 0 radical (unpaired) electrons. The third kappa shape index (κ3) is 7.00. The van der Waals surface area contributed by atoms with Gasteiger partial charge >= 0.3 is 0 Å². The van der Waals surface area contributed by atoms with Crippen LogP contribution in [0.4, 0.5) is 0 Å². The van der Waals surface area contributed by atoms with Crippen LogP contribution in [0.2, 0.25) is 0 Å². The molecule has 1 N–H and O–H groups in total. The lowest BCUT2D eigenvalue weighted by atomic mass is 10.1. The van der Waals surface area contributed by atoms with E-state index in [9.17, 15) is 9.59 Å². The van der Waals surface area contributed by atoms with E-state index < -0.39 is 0 Å². The Morgan fingerprint density at radius 1 is 1.12 bits per heavy atom. The highest BCUT2D eigenvalue weighted by Crippen LogP contribution is 2.17. The van der Waals surface area contributed by atoms with Crippen molar-refractivity contribution >= 4 is 33.7 Å². The number of thioether (sulfide) groups is 1. The van der Waals surface area contributed by atoms with Crippen molar-refractivity contribution in [1.82, 2.24) is 10.3 Å². The molecule has 0 saturated carbocycles. The first-order chi connectivity index (χ1) is 12.7. The number of hydrogen-bond donors (Lipinski definition) is 1. The summed E-state index contributed by atoms with van der Waals surface area (Å²) in [5, 5.41) is 5.19. The van der Waals surface area contributed by atoms with E-state index in [1.54, 1.807) is 6.20 Å². The zero-order valence-electron chi connectivity index (χ0n) is 15.2. The van der Waals surface area contributed by atoms with Gasteiger partial charge in [0.25, 0.3) is 0 Å². The zero-order valence-corrected chi connectivity index (χ0v) is 16.1. The molecule has 0 spiro atoms. The van der Waals surface area contributed by atoms with Crippen LogP contribution < -0.4 is 5.32 Å². The molecular formula is C21H26N2O2S. The molecule has 0 aliphatic rings. The van der Waals surface area contributed by atoms with E-state index in [2.05, 4.69) is 17.2 Å². The molecule has 1 heterocycles. The van der Waals surface area contributed by atoms with Gasteiger partial charge in [0.05, 0.1) is 5.52 Å². The van der Waals surface area contributed by atoms with Crippen LogP contribution in [-0.2, 0) is 4.79 Å². The average Bonchev–Trinajstić information content (AvgIpc) is 2.66. The Bertz CT molecular complexity index is 759. The fourth-order valence-corrected chi connectivity index (χ4v) is 3.15. The van der Waals surface area contributed by atoms with Gasteiger partial charge in [0.1, 0.15) is 0 Å². The number of unbranched alkanes of at least 4 members (excludes halogenated alkanes) is 5. The molecule has 0 bridgehead atoms. The van der Waals surface area contributed by atoms with Crippen molar-refractivity contribution in [2.75, 3.05) is 6.54 Å². The molecule has 2 aromatic rings. The molecule has 5 heteroatoms. The molecular weight excluding hydrogens is 344 g/mol. The Morgan fingerprint density at radius 3 is 2.73 bits per heavy atom. The van der Waals surface area contributed by atoms with Crippen LogP contribution in [0, 0.1) is 0 Å². The molecule has 2 rings (SSSR count). The number of aromatic nitrogens is 1. The lowest BCUT2D eigenvalue weighted by molar-refractivity contribution is -0.116. The highest BCUT2D eigenvalue weighted by Gasteiger charge is 2.07. The summed E-state index contributed by atoms with van der Waals surface area (Å²) in [5.41, 5.74) is 1.39. The number of rotatable bonds is 10. The summed E-state index contributed by atoms with van der Waals surface area (Å²) in [5.74, 6) is -0.157. The Morgan fingerprint density at radius 2 is 1.88 bits per heavy atom. The number of fused-ring (bicyclic) bond motifs is 1. The number of hydrogen-bond acceptors (Lipinski definition) is 4. The molecule has 138 valence electrons. The number of carbonyl (C=O) groups is 2. The molecule has 1 amide bonds. The SMILES string of the molecule is CCCCCCCCNC(=O)/C=C\SC(=O)c1cnc2ccccc2c1. The number of nitrogens with one attached hydrogen (secondary N) is 1. The van der Waals surface area contributed by atoms with Gasteiger partial charge in [0.15, 0.2) is 0 Å². The maximum absolute atomic E-state index is 12.2. The topological polar surface area (TPSA) is 59.1 Å². The maximum atomic E-state index is 12.2. The molecule has 1 aromatic heterocycles. The summed E-state index contributed by atoms with van der Waals surface area (Å²) in [7, 11) is 0. The number of amides is 1. The number of carbonyl (C=O) groups excluding carboxylic acids is 2. The highest BCUT2D eigenvalue weighted by atomic mass is 32.2. The van der Waals surface area contributed by atoms with E-state index in [1.165, 1.54) is 37.2 Å². The van der Waals surface area contributed by atoms with Crippen LogP contribution in [0.25, 0.3) is 10.9 Å². The van der Waals surface area contributed by atoms with Gasteiger partial charge in [0, 0.05) is 29.8 Å². The maximum Gasteiger partial charge on any atom is 0.244 e. The fourth-order valence-electron chi connectivity index (χ4n) is 2.58. The summed E-state index contributed by atoms with van der Waals surface area (Å²) < 4.78 is 0. The van der Waals surface area contributed by atoms with E-state index >= 15 is 0 Å². The molecule has 1 aromatic carbocycles. The van der Waals surface area contributed by atoms with E-state index in [1.807, 2.05) is 30.3 Å². The highest BCUT2D eigenvalue weighted by molar-refractivity contribution is 8.16. The third-order valence-corrected chi connectivity index (χ3v) is 4.77. The summed E-state index contributed by atoms with van der Waals surface area (Å²) in [4.78, 5) is 28.2. The summed E-state index contributed by atoms with van der Waals surface area (Å²) in [6.07, 6.45) is 10.2. The van der Waals surface area contributed by atoms with E-state index in [4.69, 9.17) is 0 Å². The smallest absolute Gasteiger partial charge is 0.244 e. The largest absolute Gasteiger partial charge is 0.353 e. The lowest BCUT2D eigenvalue weighted by Gasteiger charge is -2.02. The third-order valence-electron chi connectivity index (χ3n) is 4.05.